The zero-order chi connectivity index (χ0) is 16.4. The Bertz CT molecular complexity index is 569. The number of rotatable bonds is 4. The fourth-order valence-electron chi connectivity index (χ4n) is 3.52. The number of nitrogens with one attached hydrogen (secondary N) is 1. The summed E-state index contributed by atoms with van der Waals surface area (Å²) in [6.07, 6.45) is 4.98. The van der Waals surface area contributed by atoms with Crippen LogP contribution in [0.5, 0.6) is 5.75 Å². The third-order valence-electron chi connectivity index (χ3n) is 4.89. The molecule has 2 aliphatic rings. The molecule has 2 fully saturated rings. The lowest BCUT2D eigenvalue weighted by atomic mass is 9.58. The average molecular weight is 320 g/mol. The van der Waals surface area contributed by atoms with E-state index in [4.69, 9.17) is 9.47 Å². The van der Waals surface area contributed by atoms with Crippen molar-refractivity contribution in [1.82, 2.24) is 10.3 Å². The Hall–Kier alpha value is -1.66. The van der Waals surface area contributed by atoms with E-state index in [0.29, 0.717) is 30.9 Å². The summed E-state index contributed by atoms with van der Waals surface area (Å²) in [5.41, 5.74) is 0.250. The van der Waals surface area contributed by atoms with Gasteiger partial charge in [-0.3, -0.25) is 9.78 Å². The fourth-order valence-corrected chi connectivity index (χ4v) is 3.52. The molecule has 6 heteroatoms. The van der Waals surface area contributed by atoms with Crippen LogP contribution in [0.3, 0.4) is 0 Å². The highest BCUT2D eigenvalue weighted by Gasteiger charge is 2.55. The van der Waals surface area contributed by atoms with Gasteiger partial charge in [-0.2, -0.15) is 0 Å². The van der Waals surface area contributed by atoms with Crippen molar-refractivity contribution in [3.63, 3.8) is 0 Å². The molecule has 126 valence electrons. The maximum atomic E-state index is 12.5. The summed E-state index contributed by atoms with van der Waals surface area (Å²) in [7, 11) is 0. The maximum Gasteiger partial charge on any atom is 0.253 e. The molecule has 1 amide bonds. The van der Waals surface area contributed by atoms with Gasteiger partial charge in [-0.05, 0) is 39.2 Å². The number of nitrogens with zero attached hydrogens (tertiary/aromatic N) is 1. The van der Waals surface area contributed by atoms with Crippen LogP contribution < -0.4 is 10.1 Å². The Labute approximate surface area is 136 Å². The van der Waals surface area contributed by atoms with Crippen molar-refractivity contribution in [3.8, 4) is 5.75 Å². The van der Waals surface area contributed by atoms with Crippen molar-refractivity contribution in [3.05, 3.63) is 24.0 Å². The van der Waals surface area contributed by atoms with Gasteiger partial charge in [0.25, 0.3) is 5.91 Å². The van der Waals surface area contributed by atoms with Crippen molar-refractivity contribution in [2.45, 2.75) is 51.4 Å². The summed E-state index contributed by atoms with van der Waals surface area (Å²) in [6, 6.07) is 1.69. The summed E-state index contributed by atoms with van der Waals surface area (Å²) in [4.78, 5) is 16.6. The number of hydrogen-bond donors (Lipinski definition) is 2. The van der Waals surface area contributed by atoms with E-state index in [0.717, 1.165) is 12.8 Å². The van der Waals surface area contributed by atoms with Crippen LogP contribution in [0.25, 0.3) is 0 Å². The van der Waals surface area contributed by atoms with E-state index in [-0.39, 0.29) is 29.6 Å². The van der Waals surface area contributed by atoms with Gasteiger partial charge in [-0.15, -0.1) is 0 Å². The van der Waals surface area contributed by atoms with Gasteiger partial charge in [0, 0.05) is 30.9 Å². The zero-order valence-electron chi connectivity index (χ0n) is 13.6. The molecule has 0 aromatic carbocycles. The minimum Gasteiger partial charge on any atom is -0.489 e. The normalized spacial score (nSPS) is 25.9. The largest absolute Gasteiger partial charge is 0.489 e. The topological polar surface area (TPSA) is 80.7 Å². The number of pyridine rings is 1. The molecule has 2 heterocycles. The van der Waals surface area contributed by atoms with Crippen LogP contribution >= 0.6 is 0 Å². The molecule has 3 rings (SSSR count). The van der Waals surface area contributed by atoms with Crippen LogP contribution in [-0.4, -0.2) is 47.5 Å². The Morgan fingerprint density at radius 3 is 2.83 bits per heavy atom. The maximum absolute atomic E-state index is 12.5. The Kier molecular flexibility index (Phi) is 4.55. The minimum absolute atomic E-state index is 0.0106. The molecule has 0 unspecified atom stereocenters. The lowest BCUT2D eigenvalue weighted by Gasteiger charge is -2.55. The van der Waals surface area contributed by atoms with E-state index in [1.165, 1.54) is 6.20 Å². The Morgan fingerprint density at radius 1 is 1.43 bits per heavy atom. The van der Waals surface area contributed by atoms with Gasteiger partial charge in [0.05, 0.1) is 24.0 Å². The molecule has 1 spiro atoms. The Balaban J connectivity index is 1.67. The van der Waals surface area contributed by atoms with E-state index in [1.54, 1.807) is 12.3 Å². The van der Waals surface area contributed by atoms with Gasteiger partial charge in [0.2, 0.25) is 0 Å². The van der Waals surface area contributed by atoms with Gasteiger partial charge in [-0.25, -0.2) is 0 Å². The van der Waals surface area contributed by atoms with E-state index >= 15 is 0 Å². The molecule has 23 heavy (non-hydrogen) atoms. The van der Waals surface area contributed by atoms with Gasteiger partial charge in [0.15, 0.2) is 0 Å². The lowest BCUT2D eigenvalue weighted by Crippen LogP contribution is -2.65. The van der Waals surface area contributed by atoms with Crippen molar-refractivity contribution < 1.29 is 19.4 Å². The smallest absolute Gasteiger partial charge is 0.253 e. The highest BCUT2D eigenvalue weighted by Crippen LogP contribution is 2.49. The van der Waals surface area contributed by atoms with Crippen LogP contribution in [-0.2, 0) is 4.74 Å². The second kappa shape index (κ2) is 6.45. The number of hydrogen-bond acceptors (Lipinski definition) is 5. The molecule has 1 aromatic heterocycles. The number of carbonyl (C=O) groups is 1. The van der Waals surface area contributed by atoms with Crippen molar-refractivity contribution >= 4 is 5.91 Å². The van der Waals surface area contributed by atoms with Gasteiger partial charge < -0.3 is 19.9 Å². The predicted octanol–water partition coefficient (Wildman–Crippen LogP) is 1.53. The van der Waals surface area contributed by atoms with E-state index in [1.807, 2.05) is 13.8 Å². The first kappa shape index (κ1) is 16.2. The molecule has 1 aliphatic carbocycles. The first-order valence-corrected chi connectivity index (χ1v) is 8.19. The van der Waals surface area contributed by atoms with Crippen LogP contribution in [0.4, 0.5) is 0 Å². The molecule has 2 N–H and O–H groups in total. The number of ether oxygens (including phenoxy) is 2. The van der Waals surface area contributed by atoms with Crippen molar-refractivity contribution in [2.75, 3.05) is 13.2 Å². The first-order chi connectivity index (χ1) is 11.0. The number of aromatic nitrogens is 1. The minimum atomic E-state index is -0.356. The molecule has 1 saturated heterocycles. The second-order valence-electron chi connectivity index (χ2n) is 6.70. The lowest BCUT2D eigenvalue weighted by molar-refractivity contribution is -0.145. The van der Waals surface area contributed by atoms with Crippen LogP contribution in [0.2, 0.25) is 0 Å². The molecular weight excluding hydrogens is 296 g/mol. The highest BCUT2D eigenvalue weighted by atomic mass is 16.5. The summed E-state index contributed by atoms with van der Waals surface area (Å²) in [5.74, 6) is 0.413. The van der Waals surface area contributed by atoms with Crippen molar-refractivity contribution in [1.29, 1.82) is 0 Å². The number of aliphatic hydroxyl groups is 1. The molecule has 0 radical (unpaired) electrons. The summed E-state index contributed by atoms with van der Waals surface area (Å²) >= 11 is 0. The molecular formula is C17H24N2O4. The van der Waals surface area contributed by atoms with Crippen LogP contribution in [0.15, 0.2) is 18.5 Å². The first-order valence-electron chi connectivity index (χ1n) is 8.19. The predicted molar refractivity (Wildman–Crippen MR) is 84.4 cm³/mol. The number of carbonyl (C=O) groups excluding carboxylic acids is 1. The molecule has 0 bridgehead atoms. The summed E-state index contributed by atoms with van der Waals surface area (Å²) in [5, 5.41) is 13.2. The number of aliphatic hydroxyl groups excluding tert-OH is 1. The molecule has 6 nitrogen and oxygen atoms in total. The quantitative estimate of drug-likeness (QED) is 0.879. The molecule has 2 atom stereocenters. The average Bonchev–Trinajstić information content (AvgIpc) is 2.55. The standard InChI is InChI=1S/C17H24N2O4/c1-11(2)23-13-7-12(9-18-10-13)16(21)19-14-8-15(20)17(14)3-5-22-6-4-17/h7,9-11,14-15,20H,3-6,8H2,1-2H3,(H,19,21)/t14-,15-/m1/s1. The fraction of sp³-hybridized carbons (Fsp3) is 0.647. The summed E-state index contributed by atoms with van der Waals surface area (Å²) < 4.78 is 11.0. The Morgan fingerprint density at radius 2 is 2.17 bits per heavy atom. The zero-order valence-corrected chi connectivity index (χ0v) is 13.6. The van der Waals surface area contributed by atoms with Gasteiger partial charge in [-0.1, -0.05) is 0 Å². The van der Waals surface area contributed by atoms with E-state index < -0.39 is 0 Å². The number of amides is 1. The van der Waals surface area contributed by atoms with Gasteiger partial charge >= 0.3 is 0 Å². The third kappa shape index (κ3) is 3.19. The second-order valence-corrected chi connectivity index (χ2v) is 6.70. The van der Waals surface area contributed by atoms with Crippen molar-refractivity contribution in [2.24, 2.45) is 5.41 Å². The SMILES string of the molecule is CC(C)Oc1cncc(C(=O)N[C@@H]2C[C@@H](O)C23CCOCC3)c1. The van der Waals surface area contributed by atoms with Crippen LogP contribution in [0, 0.1) is 5.41 Å². The molecule has 1 aromatic rings. The highest BCUT2D eigenvalue weighted by molar-refractivity contribution is 5.94. The molecule has 1 aliphatic heterocycles. The van der Waals surface area contributed by atoms with E-state index in [2.05, 4.69) is 10.3 Å². The molecule has 1 saturated carbocycles. The van der Waals surface area contributed by atoms with E-state index in [9.17, 15) is 9.90 Å². The monoisotopic (exact) mass is 320 g/mol. The van der Waals surface area contributed by atoms with Crippen LogP contribution in [0.1, 0.15) is 43.5 Å². The third-order valence-corrected chi connectivity index (χ3v) is 4.89. The summed E-state index contributed by atoms with van der Waals surface area (Å²) in [6.45, 7) is 5.14. The van der Waals surface area contributed by atoms with Gasteiger partial charge in [0.1, 0.15) is 5.75 Å².